The maximum absolute atomic E-state index is 14.2. The standard InChI is InChI=1S/C32H36F3N7O5/c33-32(34,35)22-3-4-29-27(12-22)30(43)42-18-26(46-19-23-16-40(38-37-23)15-21-2-1-7-36-14-21)13-28(42)31(44)41-9-8-39(17-25(41)20-47-29)24-5-10-45-11-6-24/h1-4,7,12,14,16,24-26,28H,5-6,8-11,13,15,17-20H2/t25-,26+,28-/m0/s1. The summed E-state index contributed by atoms with van der Waals surface area (Å²) < 4.78 is 60.7. The smallest absolute Gasteiger partial charge is 0.416 e. The molecule has 47 heavy (non-hydrogen) atoms. The molecule has 0 radical (unpaired) electrons. The maximum atomic E-state index is 14.2. The second kappa shape index (κ2) is 13.2. The molecule has 3 fully saturated rings. The number of pyridine rings is 1. The molecule has 4 aliphatic rings. The number of nitrogens with zero attached hydrogens (tertiary/aromatic N) is 7. The first-order valence-electron chi connectivity index (χ1n) is 15.9. The van der Waals surface area contributed by atoms with Gasteiger partial charge in [-0.3, -0.25) is 19.5 Å². The Bertz CT molecular complexity index is 1580. The molecule has 250 valence electrons. The number of aromatic nitrogens is 4. The van der Waals surface area contributed by atoms with Gasteiger partial charge in [-0.1, -0.05) is 11.3 Å². The number of carbonyl (C=O) groups excluding carboxylic acids is 2. The molecule has 12 nitrogen and oxygen atoms in total. The van der Waals surface area contributed by atoms with Crippen LogP contribution in [0, 0.1) is 0 Å². The summed E-state index contributed by atoms with van der Waals surface area (Å²) in [7, 11) is 0. The topological polar surface area (TPSA) is 115 Å². The van der Waals surface area contributed by atoms with Crippen LogP contribution in [0.3, 0.4) is 0 Å². The summed E-state index contributed by atoms with van der Waals surface area (Å²) in [6.07, 6.45) is 1.98. The van der Waals surface area contributed by atoms with Gasteiger partial charge in [0.05, 0.1) is 42.6 Å². The van der Waals surface area contributed by atoms with Crippen LogP contribution in [-0.4, -0.2) is 117 Å². The third-order valence-corrected chi connectivity index (χ3v) is 9.40. The Morgan fingerprint density at radius 2 is 1.87 bits per heavy atom. The molecule has 3 aromatic rings. The van der Waals surface area contributed by atoms with Gasteiger partial charge in [0.25, 0.3) is 5.91 Å². The highest BCUT2D eigenvalue weighted by Crippen LogP contribution is 2.36. The highest BCUT2D eigenvalue weighted by Gasteiger charge is 2.46. The second-order valence-electron chi connectivity index (χ2n) is 12.5. The van der Waals surface area contributed by atoms with Crippen LogP contribution in [0.2, 0.25) is 0 Å². The number of halogens is 3. The molecule has 15 heteroatoms. The van der Waals surface area contributed by atoms with Crippen molar-refractivity contribution in [2.75, 3.05) is 46.0 Å². The van der Waals surface area contributed by atoms with Gasteiger partial charge in [0, 0.05) is 64.2 Å². The van der Waals surface area contributed by atoms with Gasteiger partial charge in [0.2, 0.25) is 5.91 Å². The predicted molar refractivity (Wildman–Crippen MR) is 159 cm³/mol. The fourth-order valence-electron chi connectivity index (χ4n) is 6.97. The molecule has 7 rings (SSSR count). The Kier molecular flexibility index (Phi) is 8.85. The summed E-state index contributed by atoms with van der Waals surface area (Å²) in [5.74, 6) is -0.881. The van der Waals surface area contributed by atoms with Crippen LogP contribution in [0.25, 0.3) is 0 Å². The van der Waals surface area contributed by atoms with Crippen LogP contribution in [0.5, 0.6) is 5.75 Å². The molecule has 0 unspecified atom stereocenters. The Labute approximate surface area is 269 Å². The third kappa shape index (κ3) is 6.83. The molecule has 3 saturated heterocycles. The van der Waals surface area contributed by atoms with Crippen molar-refractivity contribution in [2.45, 2.75) is 62.8 Å². The summed E-state index contributed by atoms with van der Waals surface area (Å²) in [6, 6.07) is 5.79. The number of alkyl halides is 3. The van der Waals surface area contributed by atoms with Crippen LogP contribution in [0.4, 0.5) is 13.2 Å². The zero-order valence-corrected chi connectivity index (χ0v) is 25.7. The summed E-state index contributed by atoms with van der Waals surface area (Å²) in [5.41, 5.74) is 0.345. The molecule has 3 atom stereocenters. The average Bonchev–Trinajstić information content (AvgIpc) is 3.73. The molecule has 0 N–H and O–H groups in total. The zero-order chi connectivity index (χ0) is 32.5. The Morgan fingerprint density at radius 1 is 1.02 bits per heavy atom. The van der Waals surface area contributed by atoms with Gasteiger partial charge in [-0.15, -0.1) is 5.10 Å². The van der Waals surface area contributed by atoms with E-state index in [-0.39, 0.29) is 49.4 Å². The third-order valence-electron chi connectivity index (χ3n) is 9.40. The van der Waals surface area contributed by atoms with Gasteiger partial charge in [0.15, 0.2) is 0 Å². The lowest BCUT2D eigenvalue weighted by Gasteiger charge is -2.46. The number of carbonyl (C=O) groups is 2. The first-order valence-corrected chi connectivity index (χ1v) is 15.9. The molecular formula is C32H36F3N7O5. The second-order valence-corrected chi connectivity index (χ2v) is 12.5. The van der Waals surface area contributed by atoms with Crippen molar-refractivity contribution in [3.8, 4) is 5.75 Å². The quantitative estimate of drug-likeness (QED) is 0.396. The number of benzene rings is 1. The first-order chi connectivity index (χ1) is 22.7. The zero-order valence-electron chi connectivity index (χ0n) is 25.7. The lowest BCUT2D eigenvalue weighted by Crippen LogP contribution is -2.62. The van der Waals surface area contributed by atoms with E-state index in [2.05, 4.69) is 20.2 Å². The van der Waals surface area contributed by atoms with E-state index in [9.17, 15) is 22.8 Å². The average molecular weight is 656 g/mol. The Balaban J connectivity index is 1.12. The van der Waals surface area contributed by atoms with Crippen molar-refractivity contribution in [1.29, 1.82) is 0 Å². The molecule has 6 heterocycles. The van der Waals surface area contributed by atoms with E-state index in [4.69, 9.17) is 14.2 Å². The van der Waals surface area contributed by atoms with Gasteiger partial charge in [-0.2, -0.15) is 13.2 Å². The first kappa shape index (κ1) is 31.5. The summed E-state index contributed by atoms with van der Waals surface area (Å²) in [5, 5.41) is 8.34. The highest BCUT2D eigenvalue weighted by atomic mass is 19.4. The minimum absolute atomic E-state index is 0.0292. The van der Waals surface area contributed by atoms with Crippen LogP contribution >= 0.6 is 0 Å². The largest absolute Gasteiger partial charge is 0.491 e. The number of rotatable bonds is 6. The van der Waals surface area contributed by atoms with E-state index in [1.165, 1.54) is 11.0 Å². The van der Waals surface area contributed by atoms with Crippen LogP contribution < -0.4 is 4.74 Å². The van der Waals surface area contributed by atoms with E-state index in [1.807, 2.05) is 12.1 Å². The number of piperazine rings is 1. The molecule has 1 aromatic carbocycles. The minimum atomic E-state index is -4.66. The van der Waals surface area contributed by atoms with E-state index >= 15 is 0 Å². The van der Waals surface area contributed by atoms with Gasteiger partial charge in [0.1, 0.15) is 24.1 Å². The number of amides is 2. The number of fused-ring (bicyclic) bond motifs is 3. The number of hydrogen-bond donors (Lipinski definition) is 0. The van der Waals surface area contributed by atoms with Crippen molar-refractivity contribution in [3.63, 3.8) is 0 Å². The normalized spacial score (nSPS) is 24.4. The summed E-state index contributed by atoms with van der Waals surface area (Å²) >= 11 is 0. The molecule has 0 saturated carbocycles. The Hall–Kier alpha value is -4.08. The van der Waals surface area contributed by atoms with Gasteiger partial charge < -0.3 is 24.0 Å². The van der Waals surface area contributed by atoms with E-state index < -0.39 is 29.8 Å². The Morgan fingerprint density at radius 3 is 2.66 bits per heavy atom. The van der Waals surface area contributed by atoms with Crippen molar-refractivity contribution in [3.05, 3.63) is 71.3 Å². The maximum Gasteiger partial charge on any atom is 0.416 e. The molecule has 2 amide bonds. The van der Waals surface area contributed by atoms with Crippen molar-refractivity contribution in [2.24, 2.45) is 0 Å². The monoisotopic (exact) mass is 655 g/mol. The van der Waals surface area contributed by atoms with Crippen molar-refractivity contribution >= 4 is 11.8 Å². The molecule has 4 aliphatic heterocycles. The van der Waals surface area contributed by atoms with Gasteiger partial charge in [-0.25, -0.2) is 4.68 Å². The molecule has 0 bridgehead atoms. The van der Waals surface area contributed by atoms with Crippen LogP contribution in [0.15, 0.2) is 48.9 Å². The minimum Gasteiger partial charge on any atom is -0.491 e. The van der Waals surface area contributed by atoms with Crippen molar-refractivity contribution < 1.29 is 37.0 Å². The number of ether oxygens (including phenoxy) is 3. The fraction of sp³-hybridized carbons (Fsp3) is 0.531. The van der Waals surface area contributed by atoms with E-state index in [0.717, 1.165) is 30.5 Å². The molecular weight excluding hydrogens is 619 g/mol. The predicted octanol–water partition coefficient (Wildman–Crippen LogP) is 2.62. The van der Waals surface area contributed by atoms with E-state index in [1.54, 1.807) is 28.2 Å². The lowest BCUT2D eigenvalue weighted by molar-refractivity contribution is -0.143. The van der Waals surface area contributed by atoms with E-state index in [0.29, 0.717) is 51.1 Å². The number of hydrogen-bond acceptors (Lipinski definition) is 9. The lowest BCUT2D eigenvalue weighted by atomic mass is 10.0. The fourth-order valence-corrected chi connectivity index (χ4v) is 6.97. The van der Waals surface area contributed by atoms with Crippen LogP contribution in [0.1, 0.15) is 46.4 Å². The highest BCUT2D eigenvalue weighted by molar-refractivity contribution is 6.00. The van der Waals surface area contributed by atoms with Gasteiger partial charge >= 0.3 is 6.18 Å². The summed E-state index contributed by atoms with van der Waals surface area (Å²) in [4.78, 5) is 37.8. The van der Waals surface area contributed by atoms with Crippen LogP contribution in [-0.2, 0) is 33.6 Å². The molecule has 2 aromatic heterocycles. The molecule has 0 spiro atoms. The molecule has 0 aliphatic carbocycles. The summed E-state index contributed by atoms with van der Waals surface area (Å²) in [6.45, 7) is 3.70. The van der Waals surface area contributed by atoms with Gasteiger partial charge in [-0.05, 0) is 42.7 Å². The van der Waals surface area contributed by atoms with Crippen molar-refractivity contribution in [1.82, 2.24) is 34.7 Å². The SMILES string of the molecule is O=C1[C@@H]2C[C@@H](OCc3cn(Cc4cccnc4)nn3)CN2C(=O)c2cc(C(F)(F)F)ccc2OC[C@@H]2CN(C3CCOCC3)CCN12.